The van der Waals surface area contributed by atoms with Crippen molar-refractivity contribution in [1.29, 1.82) is 0 Å². The van der Waals surface area contributed by atoms with Crippen LogP contribution in [0, 0.1) is 5.82 Å². The molecule has 0 bridgehead atoms. The second-order valence-electron chi connectivity index (χ2n) is 4.77. The number of hydrogen-bond acceptors (Lipinski definition) is 3. The van der Waals surface area contributed by atoms with Gasteiger partial charge in [0.2, 0.25) is 0 Å². The van der Waals surface area contributed by atoms with E-state index in [-0.39, 0.29) is 27.4 Å². The molecule has 1 aromatic carbocycles. The van der Waals surface area contributed by atoms with Gasteiger partial charge in [-0.2, -0.15) is 0 Å². The number of carboxylic acid groups (broad SMARTS) is 1. The molecular formula is C16H10BrFN2O3. The van der Waals surface area contributed by atoms with Crippen LogP contribution < -0.4 is 5.56 Å². The molecule has 0 unspecified atom stereocenters. The van der Waals surface area contributed by atoms with Gasteiger partial charge < -0.3 is 5.11 Å². The van der Waals surface area contributed by atoms with E-state index in [2.05, 4.69) is 20.9 Å². The lowest BCUT2D eigenvalue weighted by atomic mass is 10.0. The van der Waals surface area contributed by atoms with Gasteiger partial charge in [0.15, 0.2) is 0 Å². The van der Waals surface area contributed by atoms with Gasteiger partial charge in [-0.15, -0.1) is 0 Å². The lowest BCUT2D eigenvalue weighted by Crippen LogP contribution is -2.26. The molecule has 0 saturated heterocycles. The molecule has 0 aliphatic carbocycles. The molecule has 0 saturated carbocycles. The zero-order valence-electron chi connectivity index (χ0n) is 11.7. The maximum absolute atomic E-state index is 14.2. The number of alkyl halides is 1. The van der Waals surface area contributed by atoms with Crippen LogP contribution in [0.5, 0.6) is 0 Å². The molecule has 2 aromatic heterocycles. The SMILES string of the molecule is O=C(O)c1c(CBr)n(-c2cccnc2)c(=O)c2c(F)cccc12. The van der Waals surface area contributed by atoms with Gasteiger partial charge in [-0.3, -0.25) is 14.3 Å². The molecule has 1 N–H and O–H groups in total. The Labute approximate surface area is 138 Å². The van der Waals surface area contributed by atoms with Gasteiger partial charge in [-0.05, 0) is 18.2 Å². The highest BCUT2D eigenvalue weighted by Gasteiger charge is 2.23. The fraction of sp³-hybridized carbons (Fsp3) is 0.0625. The third kappa shape index (κ3) is 2.43. The fourth-order valence-electron chi connectivity index (χ4n) is 2.58. The van der Waals surface area contributed by atoms with Crippen LogP contribution >= 0.6 is 15.9 Å². The van der Waals surface area contributed by atoms with Crippen LogP contribution in [-0.2, 0) is 5.33 Å². The molecule has 0 radical (unpaired) electrons. The average Bonchev–Trinajstić information content (AvgIpc) is 2.54. The summed E-state index contributed by atoms with van der Waals surface area (Å²) in [6.07, 6.45) is 2.95. The lowest BCUT2D eigenvalue weighted by molar-refractivity contribution is 0.0697. The molecule has 0 amide bonds. The molecule has 0 aliphatic rings. The van der Waals surface area contributed by atoms with Gasteiger partial charge in [0, 0.05) is 16.9 Å². The van der Waals surface area contributed by atoms with Gasteiger partial charge in [-0.1, -0.05) is 28.1 Å². The third-order valence-corrected chi connectivity index (χ3v) is 4.03. The number of fused-ring (bicyclic) bond motifs is 1. The van der Waals surface area contributed by atoms with Crippen molar-refractivity contribution in [2.75, 3.05) is 0 Å². The fourth-order valence-corrected chi connectivity index (χ4v) is 3.11. The van der Waals surface area contributed by atoms with E-state index in [0.717, 1.165) is 6.07 Å². The van der Waals surface area contributed by atoms with Crippen molar-refractivity contribution in [3.05, 3.63) is 70.2 Å². The number of carbonyl (C=O) groups is 1. The highest BCUT2D eigenvalue weighted by molar-refractivity contribution is 9.08. The summed E-state index contributed by atoms with van der Waals surface area (Å²) in [5, 5.41) is 9.52. The van der Waals surface area contributed by atoms with Crippen molar-refractivity contribution < 1.29 is 14.3 Å². The van der Waals surface area contributed by atoms with E-state index >= 15 is 0 Å². The van der Waals surface area contributed by atoms with Gasteiger partial charge in [0.25, 0.3) is 5.56 Å². The number of benzene rings is 1. The van der Waals surface area contributed by atoms with Gasteiger partial charge in [-0.25, -0.2) is 9.18 Å². The predicted octanol–water partition coefficient (Wildman–Crippen LogP) is 3.12. The summed E-state index contributed by atoms with van der Waals surface area (Å²) in [7, 11) is 0. The van der Waals surface area contributed by atoms with Crippen LogP contribution in [0.1, 0.15) is 16.1 Å². The van der Waals surface area contributed by atoms with Crippen molar-refractivity contribution in [3.63, 3.8) is 0 Å². The average molecular weight is 377 g/mol. The van der Waals surface area contributed by atoms with Crippen molar-refractivity contribution in [2.24, 2.45) is 0 Å². The Morgan fingerprint density at radius 1 is 1.30 bits per heavy atom. The van der Waals surface area contributed by atoms with E-state index in [0.29, 0.717) is 5.69 Å². The molecule has 116 valence electrons. The van der Waals surface area contributed by atoms with Crippen molar-refractivity contribution in [1.82, 2.24) is 9.55 Å². The second kappa shape index (κ2) is 5.92. The minimum absolute atomic E-state index is 0.0806. The largest absolute Gasteiger partial charge is 0.478 e. The topological polar surface area (TPSA) is 72.2 Å². The standard InChI is InChI=1S/C16H10BrFN2O3/c17-7-12-14(16(22)23)10-4-1-5-11(18)13(10)15(21)20(12)9-3-2-6-19-8-9/h1-6,8H,7H2,(H,22,23). The van der Waals surface area contributed by atoms with Crippen molar-refractivity contribution in [3.8, 4) is 5.69 Å². The van der Waals surface area contributed by atoms with Gasteiger partial charge in [0.05, 0.1) is 28.5 Å². The molecule has 0 aliphatic heterocycles. The number of hydrogen-bond donors (Lipinski definition) is 1. The number of carboxylic acids is 1. The smallest absolute Gasteiger partial charge is 0.338 e. The van der Waals surface area contributed by atoms with Gasteiger partial charge in [0.1, 0.15) is 5.82 Å². The van der Waals surface area contributed by atoms with Crippen LogP contribution in [0.25, 0.3) is 16.5 Å². The van der Waals surface area contributed by atoms with E-state index < -0.39 is 17.3 Å². The summed E-state index contributed by atoms with van der Waals surface area (Å²) in [4.78, 5) is 28.5. The zero-order chi connectivity index (χ0) is 16.6. The molecule has 3 rings (SSSR count). The van der Waals surface area contributed by atoms with E-state index in [1.807, 2.05) is 0 Å². The second-order valence-corrected chi connectivity index (χ2v) is 5.34. The van der Waals surface area contributed by atoms with Crippen LogP contribution in [0.3, 0.4) is 0 Å². The Bertz CT molecular complexity index is 970. The van der Waals surface area contributed by atoms with Crippen LogP contribution in [-0.4, -0.2) is 20.6 Å². The summed E-state index contributed by atoms with van der Waals surface area (Å²) in [6, 6.07) is 7.18. The summed E-state index contributed by atoms with van der Waals surface area (Å²) in [5.74, 6) is -1.98. The minimum Gasteiger partial charge on any atom is -0.478 e. The molecule has 2 heterocycles. The van der Waals surface area contributed by atoms with E-state index in [1.165, 1.54) is 29.1 Å². The first-order valence-corrected chi connectivity index (χ1v) is 7.74. The quantitative estimate of drug-likeness (QED) is 0.712. The molecular weight excluding hydrogens is 367 g/mol. The molecule has 3 aromatic rings. The summed E-state index contributed by atoms with van der Waals surface area (Å²) in [6.45, 7) is 0. The number of pyridine rings is 2. The molecule has 5 nitrogen and oxygen atoms in total. The minimum atomic E-state index is -1.23. The summed E-state index contributed by atoms with van der Waals surface area (Å²) in [5.41, 5.74) is -0.126. The Morgan fingerprint density at radius 2 is 2.09 bits per heavy atom. The highest BCUT2D eigenvalue weighted by atomic mass is 79.9. The molecule has 7 heteroatoms. The Kier molecular flexibility index (Phi) is 3.96. The first-order valence-electron chi connectivity index (χ1n) is 6.62. The zero-order valence-corrected chi connectivity index (χ0v) is 13.2. The molecule has 0 atom stereocenters. The van der Waals surface area contributed by atoms with E-state index in [1.54, 1.807) is 12.1 Å². The maximum atomic E-state index is 14.2. The van der Waals surface area contributed by atoms with E-state index in [9.17, 15) is 19.1 Å². The first-order chi connectivity index (χ1) is 11.1. The summed E-state index contributed by atoms with van der Waals surface area (Å²) < 4.78 is 15.4. The monoisotopic (exact) mass is 376 g/mol. The number of halogens is 2. The van der Waals surface area contributed by atoms with Crippen LogP contribution in [0.15, 0.2) is 47.5 Å². The predicted molar refractivity (Wildman–Crippen MR) is 86.9 cm³/mol. The Hall–Kier alpha value is -2.54. The van der Waals surface area contributed by atoms with Crippen molar-refractivity contribution in [2.45, 2.75) is 5.33 Å². The van der Waals surface area contributed by atoms with Crippen LogP contribution in [0.2, 0.25) is 0 Å². The lowest BCUT2D eigenvalue weighted by Gasteiger charge is -2.16. The maximum Gasteiger partial charge on any atom is 0.338 e. The number of nitrogens with zero attached hydrogens (tertiary/aromatic N) is 2. The molecule has 0 spiro atoms. The molecule has 0 fully saturated rings. The number of aromatic carboxylic acids is 1. The Morgan fingerprint density at radius 3 is 2.70 bits per heavy atom. The summed E-state index contributed by atoms with van der Waals surface area (Å²) >= 11 is 3.23. The van der Waals surface area contributed by atoms with E-state index in [4.69, 9.17) is 0 Å². The normalized spacial score (nSPS) is 10.9. The van der Waals surface area contributed by atoms with Gasteiger partial charge >= 0.3 is 5.97 Å². The van der Waals surface area contributed by atoms with Crippen molar-refractivity contribution >= 4 is 32.7 Å². The van der Waals surface area contributed by atoms with Crippen LogP contribution in [0.4, 0.5) is 4.39 Å². The third-order valence-electron chi connectivity index (χ3n) is 3.50. The number of rotatable bonds is 3. The number of aromatic nitrogens is 2. The Balaban J connectivity index is 2.59. The molecule has 23 heavy (non-hydrogen) atoms. The first kappa shape index (κ1) is 15.4. The highest BCUT2D eigenvalue weighted by Crippen LogP contribution is 2.25.